The van der Waals surface area contributed by atoms with Crippen LogP contribution in [0.2, 0.25) is 0 Å². The molecule has 2 aromatic carbocycles. The lowest BCUT2D eigenvalue weighted by molar-refractivity contribution is -0.385. The van der Waals surface area contributed by atoms with E-state index in [1.165, 1.54) is 22.5 Å². The Hall–Kier alpha value is -2.98. The minimum Gasteiger partial charge on any atom is -0.484 e. The van der Waals surface area contributed by atoms with E-state index in [4.69, 9.17) is 4.74 Å². The van der Waals surface area contributed by atoms with E-state index >= 15 is 0 Å². The number of rotatable bonds is 7. The van der Waals surface area contributed by atoms with Crippen molar-refractivity contribution in [3.05, 3.63) is 64.2 Å². The number of nitro benzene ring substituents is 1. The summed E-state index contributed by atoms with van der Waals surface area (Å²) in [7, 11) is -3.88. The number of hydrogen-bond donors (Lipinski definition) is 0. The molecule has 31 heavy (non-hydrogen) atoms. The maximum Gasteiger partial charge on any atom is 0.270 e. The van der Waals surface area contributed by atoms with Crippen molar-refractivity contribution in [3.63, 3.8) is 0 Å². The fraction of sp³-hybridized carbons (Fsp3) is 0.381. The number of nitro groups is 1. The predicted molar refractivity (Wildman–Crippen MR) is 114 cm³/mol. The topological polar surface area (TPSA) is 110 Å². The van der Waals surface area contributed by atoms with Crippen LogP contribution in [0.25, 0.3) is 0 Å². The molecule has 9 nitrogen and oxygen atoms in total. The summed E-state index contributed by atoms with van der Waals surface area (Å²) < 4.78 is 32.5. The quantitative estimate of drug-likeness (QED) is 0.477. The van der Waals surface area contributed by atoms with Crippen molar-refractivity contribution in [2.24, 2.45) is 0 Å². The van der Waals surface area contributed by atoms with Crippen LogP contribution < -0.4 is 4.74 Å². The first-order valence-electron chi connectivity index (χ1n) is 9.93. The Morgan fingerprint density at radius 2 is 1.77 bits per heavy atom. The summed E-state index contributed by atoms with van der Waals surface area (Å²) in [5, 5.41) is 10.9. The molecule has 0 radical (unpaired) electrons. The summed E-state index contributed by atoms with van der Waals surface area (Å²) in [6.07, 6.45) is 0. The number of ether oxygens (including phenoxy) is 1. The van der Waals surface area contributed by atoms with Crippen LogP contribution in [0.15, 0.2) is 53.4 Å². The SMILES string of the molecule is CC(C)c1cccc(OCC(=O)N2CCN(S(=O)(=O)c3cccc([N+](=O)[O-])c3)CC2)c1. The maximum absolute atomic E-state index is 12.8. The van der Waals surface area contributed by atoms with Gasteiger partial charge in [0.05, 0.1) is 9.82 Å². The van der Waals surface area contributed by atoms with E-state index in [1.807, 2.05) is 18.2 Å². The van der Waals surface area contributed by atoms with Crippen LogP contribution in [0.1, 0.15) is 25.3 Å². The van der Waals surface area contributed by atoms with Gasteiger partial charge in [-0.2, -0.15) is 4.31 Å². The molecule has 1 saturated heterocycles. The molecule has 0 saturated carbocycles. The molecule has 2 aromatic rings. The van der Waals surface area contributed by atoms with Gasteiger partial charge in [0.15, 0.2) is 6.61 Å². The zero-order valence-electron chi connectivity index (χ0n) is 17.4. The summed E-state index contributed by atoms with van der Waals surface area (Å²) in [6, 6.07) is 12.5. The molecule has 0 spiro atoms. The van der Waals surface area contributed by atoms with E-state index in [-0.39, 0.29) is 49.3 Å². The standard InChI is InChI=1S/C21H25N3O6S/c1-16(2)17-5-3-7-19(13-17)30-15-21(25)22-9-11-23(12-10-22)31(28,29)20-8-4-6-18(14-20)24(26)27/h3-8,13-14,16H,9-12,15H2,1-2H3. The highest BCUT2D eigenvalue weighted by atomic mass is 32.2. The molecular formula is C21H25N3O6S. The average Bonchev–Trinajstić information content (AvgIpc) is 2.77. The van der Waals surface area contributed by atoms with Gasteiger partial charge in [0.25, 0.3) is 11.6 Å². The predicted octanol–water partition coefficient (Wildman–Crippen LogP) is 2.63. The van der Waals surface area contributed by atoms with Crippen LogP contribution in [-0.4, -0.2) is 61.2 Å². The minimum atomic E-state index is -3.88. The number of hydrogen-bond acceptors (Lipinski definition) is 6. The van der Waals surface area contributed by atoms with Gasteiger partial charge in [-0.3, -0.25) is 14.9 Å². The second-order valence-electron chi connectivity index (χ2n) is 7.56. The number of amides is 1. The third kappa shape index (κ3) is 5.39. The molecule has 1 fully saturated rings. The van der Waals surface area contributed by atoms with Gasteiger partial charge >= 0.3 is 0 Å². The Kier molecular flexibility index (Phi) is 6.91. The number of piperazine rings is 1. The monoisotopic (exact) mass is 447 g/mol. The lowest BCUT2D eigenvalue weighted by Crippen LogP contribution is -2.51. The van der Waals surface area contributed by atoms with Crippen molar-refractivity contribution >= 4 is 21.6 Å². The molecular weight excluding hydrogens is 422 g/mol. The van der Waals surface area contributed by atoms with E-state index in [1.54, 1.807) is 11.0 Å². The van der Waals surface area contributed by atoms with E-state index in [9.17, 15) is 23.3 Å². The number of non-ortho nitro benzene ring substituents is 1. The molecule has 1 aliphatic rings. The van der Waals surface area contributed by atoms with Crippen LogP contribution in [0.3, 0.4) is 0 Å². The molecule has 0 aromatic heterocycles. The Bertz CT molecular complexity index is 1060. The summed E-state index contributed by atoms with van der Waals surface area (Å²) in [5.41, 5.74) is 0.832. The first-order valence-corrected chi connectivity index (χ1v) is 11.4. The highest BCUT2D eigenvalue weighted by Gasteiger charge is 2.31. The third-order valence-electron chi connectivity index (χ3n) is 5.14. The first-order chi connectivity index (χ1) is 14.7. The fourth-order valence-electron chi connectivity index (χ4n) is 3.28. The van der Waals surface area contributed by atoms with E-state index in [0.29, 0.717) is 11.7 Å². The van der Waals surface area contributed by atoms with Crippen LogP contribution in [-0.2, 0) is 14.8 Å². The minimum absolute atomic E-state index is 0.111. The number of carbonyl (C=O) groups is 1. The molecule has 1 aliphatic heterocycles. The summed E-state index contributed by atoms with van der Waals surface area (Å²) in [4.78, 5) is 24.2. The van der Waals surface area contributed by atoms with Crippen molar-refractivity contribution in [2.75, 3.05) is 32.8 Å². The van der Waals surface area contributed by atoms with E-state index in [0.717, 1.165) is 11.6 Å². The lowest BCUT2D eigenvalue weighted by Gasteiger charge is -2.33. The van der Waals surface area contributed by atoms with Crippen molar-refractivity contribution in [2.45, 2.75) is 24.7 Å². The van der Waals surface area contributed by atoms with Gasteiger partial charge in [-0.25, -0.2) is 8.42 Å². The van der Waals surface area contributed by atoms with Gasteiger partial charge in [-0.1, -0.05) is 32.0 Å². The molecule has 1 heterocycles. The van der Waals surface area contributed by atoms with Crippen LogP contribution >= 0.6 is 0 Å². The summed E-state index contributed by atoms with van der Waals surface area (Å²) in [6.45, 7) is 4.69. The van der Waals surface area contributed by atoms with Crippen LogP contribution in [0, 0.1) is 10.1 Å². The van der Waals surface area contributed by atoms with Gasteiger partial charge < -0.3 is 9.64 Å². The zero-order chi connectivity index (χ0) is 22.6. The highest BCUT2D eigenvalue weighted by Crippen LogP contribution is 2.23. The molecule has 0 atom stereocenters. The number of benzene rings is 2. The largest absolute Gasteiger partial charge is 0.484 e. The normalized spacial score (nSPS) is 15.1. The van der Waals surface area contributed by atoms with Crippen molar-refractivity contribution in [3.8, 4) is 5.75 Å². The van der Waals surface area contributed by atoms with Crippen molar-refractivity contribution in [1.82, 2.24) is 9.21 Å². The second-order valence-corrected chi connectivity index (χ2v) is 9.49. The summed E-state index contributed by atoms with van der Waals surface area (Å²) in [5.74, 6) is 0.745. The summed E-state index contributed by atoms with van der Waals surface area (Å²) >= 11 is 0. The molecule has 0 unspecified atom stereocenters. The molecule has 10 heteroatoms. The number of sulfonamides is 1. The Morgan fingerprint density at radius 3 is 2.42 bits per heavy atom. The van der Waals surface area contributed by atoms with Gasteiger partial charge in [0.1, 0.15) is 5.75 Å². The fourth-order valence-corrected chi connectivity index (χ4v) is 4.75. The van der Waals surface area contributed by atoms with Crippen LogP contribution in [0.5, 0.6) is 5.75 Å². The van der Waals surface area contributed by atoms with Crippen molar-refractivity contribution < 1.29 is 22.9 Å². The average molecular weight is 448 g/mol. The number of nitrogens with zero attached hydrogens (tertiary/aromatic N) is 3. The maximum atomic E-state index is 12.8. The molecule has 0 N–H and O–H groups in total. The smallest absolute Gasteiger partial charge is 0.270 e. The van der Waals surface area contributed by atoms with Crippen LogP contribution in [0.4, 0.5) is 5.69 Å². The lowest BCUT2D eigenvalue weighted by atomic mass is 10.0. The first kappa shape index (κ1) is 22.7. The molecule has 166 valence electrons. The number of carbonyl (C=O) groups excluding carboxylic acids is 1. The zero-order valence-corrected chi connectivity index (χ0v) is 18.2. The van der Waals surface area contributed by atoms with Gasteiger partial charge in [0, 0.05) is 38.3 Å². The van der Waals surface area contributed by atoms with Gasteiger partial charge in [-0.05, 0) is 29.7 Å². The second kappa shape index (κ2) is 9.44. The Balaban J connectivity index is 1.57. The van der Waals surface area contributed by atoms with Gasteiger partial charge in [0.2, 0.25) is 10.0 Å². The van der Waals surface area contributed by atoms with E-state index < -0.39 is 14.9 Å². The Morgan fingerprint density at radius 1 is 1.10 bits per heavy atom. The van der Waals surface area contributed by atoms with Crippen molar-refractivity contribution in [1.29, 1.82) is 0 Å². The third-order valence-corrected chi connectivity index (χ3v) is 7.04. The molecule has 3 rings (SSSR count). The molecule has 1 amide bonds. The van der Waals surface area contributed by atoms with Gasteiger partial charge in [-0.15, -0.1) is 0 Å². The molecule has 0 aliphatic carbocycles. The van der Waals surface area contributed by atoms with E-state index in [2.05, 4.69) is 13.8 Å². The highest BCUT2D eigenvalue weighted by molar-refractivity contribution is 7.89. The molecule has 0 bridgehead atoms. The Labute approximate surface area is 181 Å².